The summed E-state index contributed by atoms with van der Waals surface area (Å²) in [5, 5.41) is 3.56. The fraction of sp³-hybridized carbons (Fsp3) is 0.273. The van der Waals surface area contributed by atoms with Gasteiger partial charge in [-0.3, -0.25) is 0 Å². The van der Waals surface area contributed by atoms with Gasteiger partial charge in [0.2, 0.25) is 0 Å². The average Bonchev–Trinajstić information content (AvgIpc) is 2.18. The van der Waals surface area contributed by atoms with Gasteiger partial charge in [0.1, 0.15) is 5.82 Å². The van der Waals surface area contributed by atoms with Gasteiger partial charge in [-0.1, -0.05) is 23.8 Å². The van der Waals surface area contributed by atoms with E-state index in [1.807, 2.05) is 13.1 Å². The molecule has 1 aromatic rings. The van der Waals surface area contributed by atoms with Gasteiger partial charge < -0.3 is 5.32 Å². The van der Waals surface area contributed by atoms with E-state index in [1.54, 1.807) is 18.2 Å². The molecule has 1 N–H and O–H groups in total. The van der Waals surface area contributed by atoms with E-state index in [-0.39, 0.29) is 5.82 Å². The van der Waals surface area contributed by atoms with E-state index in [9.17, 15) is 4.39 Å². The first kappa shape index (κ1) is 11.2. The summed E-state index contributed by atoms with van der Waals surface area (Å²) >= 11 is 5.74. The van der Waals surface area contributed by atoms with Gasteiger partial charge in [-0.2, -0.15) is 0 Å². The maximum absolute atomic E-state index is 13.2. The summed E-state index contributed by atoms with van der Waals surface area (Å²) in [4.78, 5) is 0. The van der Waals surface area contributed by atoms with Crippen LogP contribution in [-0.2, 0) is 0 Å². The largest absolute Gasteiger partial charge is 0.319 e. The van der Waals surface area contributed by atoms with Crippen molar-refractivity contribution in [2.75, 3.05) is 13.6 Å². The highest BCUT2D eigenvalue weighted by Crippen LogP contribution is 2.16. The molecule has 0 aromatic heterocycles. The predicted octanol–water partition coefficient (Wildman–Crippen LogP) is 3.10. The van der Waals surface area contributed by atoms with Gasteiger partial charge in [0.25, 0.3) is 0 Å². The third-order valence-electron chi connectivity index (χ3n) is 1.82. The second kappa shape index (κ2) is 5.78. The maximum Gasteiger partial charge on any atom is 0.130 e. The molecule has 0 amide bonds. The smallest absolute Gasteiger partial charge is 0.130 e. The molecule has 1 nitrogen and oxygen atoms in total. The quantitative estimate of drug-likeness (QED) is 0.758. The molecular formula is C11H13ClFN. The van der Waals surface area contributed by atoms with E-state index in [2.05, 4.69) is 5.32 Å². The van der Waals surface area contributed by atoms with Gasteiger partial charge >= 0.3 is 0 Å². The normalized spacial score (nSPS) is 11.1. The molecule has 0 aliphatic rings. The van der Waals surface area contributed by atoms with Crippen molar-refractivity contribution in [1.82, 2.24) is 5.32 Å². The van der Waals surface area contributed by atoms with E-state index >= 15 is 0 Å². The van der Waals surface area contributed by atoms with Crippen LogP contribution in [0, 0.1) is 5.82 Å². The minimum atomic E-state index is -0.241. The molecule has 0 aliphatic heterocycles. The monoisotopic (exact) mass is 213 g/mol. The second-order valence-electron chi connectivity index (χ2n) is 2.96. The number of nitrogens with one attached hydrogen (secondary N) is 1. The standard InChI is InChI=1S/C11H13ClFN/c1-14-7-3-2-4-9-8-10(12)5-6-11(9)13/h2,4-6,8,14H,3,7H2,1H3. The molecule has 0 radical (unpaired) electrons. The molecule has 14 heavy (non-hydrogen) atoms. The third kappa shape index (κ3) is 3.48. The van der Waals surface area contributed by atoms with Crippen LogP contribution in [0.2, 0.25) is 5.02 Å². The average molecular weight is 214 g/mol. The molecule has 1 rings (SSSR count). The Morgan fingerprint density at radius 1 is 1.50 bits per heavy atom. The van der Waals surface area contributed by atoms with Crippen LogP contribution in [0.1, 0.15) is 12.0 Å². The summed E-state index contributed by atoms with van der Waals surface area (Å²) in [5.74, 6) is -0.241. The lowest BCUT2D eigenvalue weighted by Gasteiger charge is -1.97. The highest BCUT2D eigenvalue weighted by atomic mass is 35.5. The molecule has 1 aromatic carbocycles. The molecule has 0 heterocycles. The van der Waals surface area contributed by atoms with Gasteiger partial charge in [0.05, 0.1) is 0 Å². The Kier molecular flexibility index (Phi) is 4.63. The Morgan fingerprint density at radius 2 is 2.29 bits per heavy atom. The minimum Gasteiger partial charge on any atom is -0.319 e. The van der Waals surface area contributed by atoms with Crippen molar-refractivity contribution in [3.63, 3.8) is 0 Å². The lowest BCUT2D eigenvalue weighted by Crippen LogP contribution is -2.05. The zero-order valence-corrected chi connectivity index (χ0v) is 8.81. The Morgan fingerprint density at radius 3 is 3.00 bits per heavy atom. The van der Waals surface area contributed by atoms with Crippen molar-refractivity contribution in [1.29, 1.82) is 0 Å². The Bertz CT molecular complexity index is 323. The zero-order chi connectivity index (χ0) is 10.4. The number of hydrogen-bond donors (Lipinski definition) is 1. The van der Waals surface area contributed by atoms with Crippen molar-refractivity contribution in [2.45, 2.75) is 6.42 Å². The molecule has 76 valence electrons. The van der Waals surface area contributed by atoms with Crippen molar-refractivity contribution >= 4 is 17.7 Å². The van der Waals surface area contributed by atoms with Crippen LogP contribution < -0.4 is 5.32 Å². The molecule has 0 atom stereocenters. The Hall–Kier alpha value is -0.860. The lowest BCUT2D eigenvalue weighted by atomic mass is 10.2. The molecule has 0 saturated carbocycles. The highest BCUT2D eigenvalue weighted by molar-refractivity contribution is 6.30. The van der Waals surface area contributed by atoms with Crippen LogP contribution in [-0.4, -0.2) is 13.6 Å². The molecule has 0 spiro atoms. The van der Waals surface area contributed by atoms with Crippen molar-refractivity contribution in [2.24, 2.45) is 0 Å². The molecule has 0 unspecified atom stereocenters. The van der Waals surface area contributed by atoms with E-state index in [0.29, 0.717) is 10.6 Å². The third-order valence-corrected chi connectivity index (χ3v) is 2.05. The first-order chi connectivity index (χ1) is 6.74. The topological polar surface area (TPSA) is 12.0 Å². The fourth-order valence-corrected chi connectivity index (χ4v) is 1.26. The van der Waals surface area contributed by atoms with Crippen LogP contribution in [0.3, 0.4) is 0 Å². The molecule has 3 heteroatoms. The summed E-state index contributed by atoms with van der Waals surface area (Å²) in [5.41, 5.74) is 0.536. The second-order valence-corrected chi connectivity index (χ2v) is 3.40. The van der Waals surface area contributed by atoms with Crippen LogP contribution in [0.4, 0.5) is 4.39 Å². The zero-order valence-electron chi connectivity index (χ0n) is 8.06. The van der Waals surface area contributed by atoms with Gasteiger partial charge in [0, 0.05) is 10.6 Å². The first-order valence-electron chi connectivity index (χ1n) is 4.50. The number of hydrogen-bond acceptors (Lipinski definition) is 1. The number of rotatable bonds is 4. The van der Waals surface area contributed by atoms with E-state index < -0.39 is 0 Å². The molecule has 0 saturated heterocycles. The first-order valence-corrected chi connectivity index (χ1v) is 4.88. The van der Waals surface area contributed by atoms with Gasteiger partial charge in [-0.25, -0.2) is 4.39 Å². The summed E-state index contributed by atoms with van der Waals surface area (Å²) < 4.78 is 13.2. The fourth-order valence-electron chi connectivity index (χ4n) is 1.08. The Balaban J connectivity index is 2.65. The minimum absolute atomic E-state index is 0.241. The van der Waals surface area contributed by atoms with Crippen LogP contribution in [0.15, 0.2) is 24.3 Å². The van der Waals surface area contributed by atoms with Gasteiger partial charge in [0.15, 0.2) is 0 Å². The molecule has 0 aliphatic carbocycles. The molecule has 0 bridgehead atoms. The summed E-state index contributed by atoms with van der Waals surface area (Å²) in [6.45, 7) is 0.888. The van der Waals surface area contributed by atoms with Crippen LogP contribution in [0.5, 0.6) is 0 Å². The predicted molar refractivity (Wildman–Crippen MR) is 59.0 cm³/mol. The van der Waals surface area contributed by atoms with E-state index in [4.69, 9.17) is 11.6 Å². The molecular weight excluding hydrogens is 201 g/mol. The summed E-state index contributed by atoms with van der Waals surface area (Å²) in [7, 11) is 1.88. The van der Waals surface area contributed by atoms with Gasteiger partial charge in [-0.05, 0) is 38.2 Å². The highest BCUT2D eigenvalue weighted by Gasteiger charge is 1.97. The van der Waals surface area contributed by atoms with Crippen molar-refractivity contribution in [3.8, 4) is 0 Å². The SMILES string of the molecule is CNCCC=Cc1cc(Cl)ccc1F. The lowest BCUT2D eigenvalue weighted by molar-refractivity contribution is 0.625. The van der Waals surface area contributed by atoms with E-state index in [1.165, 1.54) is 6.07 Å². The van der Waals surface area contributed by atoms with Gasteiger partial charge in [-0.15, -0.1) is 0 Å². The van der Waals surface area contributed by atoms with E-state index in [0.717, 1.165) is 13.0 Å². The van der Waals surface area contributed by atoms with Crippen molar-refractivity contribution < 1.29 is 4.39 Å². The van der Waals surface area contributed by atoms with Crippen LogP contribution in [0.25, 0.3) is 6.08 Å². The summed E-state index contributed by atoms with van der Waals surface area (Å²) in [6.07, 6.45) is 4.55. The summed E-state index contributed by atoms with van der Waals surface area (Å²) in [6, 6.07) is 4.54. The van der Waals surface area contributed by atoms with Crippen molar-refractivity contribution in [3.05, 3.63) is 40.7 Å². The Labute approximate surface area is 88.6 Å². The van der Waals surface area contributed by atoms with Crippen LogP contribution >= 0.6 is 11.6 Å². The molecule has 0 fully saturated rings. The maximum atomic E-state index is 13.2. The number of benzene rings is 1. The number of halogens is 2.